The predicted octanol–water partition coefficient (Wildman–Crippen LogP) is 1.91. The fourth-order valence-corrected chi connectivity index (χ4v) is 3.04. The number of hydrogen-bond donors (Lipinski definition) is 2. The Balaban J connectivity index is 1.87. The number of nitrogens with one attached hydrogen (secondary N) is 2. The lowest BCUT2D eigenvalue weighted by Gasteiger charge is -2.05. The van der Waals surface area contributed by atoms with Gasteiger partial charge in [0.2, 0.25) is 15.9 Å². The van der Waals surface area contributed by atoms with Crippen molar-refractivity contribution in [3.8, 4) is 17.6 Å². The molecule has 0 aliphatic heterocycles. The molecule has 10 heteroatoms. The fraction of sp³-hybridized carbons (Fsp3) is 0.167. The number of carbonyl (C=O) groups excluding carboxylic acids is 1. The highest BCUT2D eigenvalue weighted by Crippen LogP contribution is 2.17. The molecule has 0 radical (unpaired) electrons. The Labute approximate surface area is 161 Å². The molecule has 1 amide bonds. The maximum atomic E-state index is 12.1. The highest BCUT2D eigenvalue weighted by molar-refractivity contribution is 7.89. The Kier molecular flexibility index (Phi) is 7.08. The Morgan fingerprint density at radius 1 is 1.18 bits per heavy atom. The number of anilines is 1. The third-order valence-corrected chi connectivity index (χ3v) is 4.68. The van der Waals surface area contributed by atoms with Gasteiger partial charge in [-0.1, -0.05) is 24.0 Å². The van der Waals surface area contributed by atoms with Crippen LogP contribution in [0.3, 0.4) is 0 Å². The second-order valence-electron chi connectivity index (χ2n) is 5.43. The van der Waals surface area contributed by atoms with E-state index in [0.717, 1.165) is 6.07 Å². The van der Waals surface area contributed by atoms with Crippen LogP contribution in [0.4, 0.5) is 11.4 Å². The van der Waals surface area contributed by atoms with Crippen LogP contribution in [0.1, 0.15) is 6.92 Å². The van der Waals surface area contributed by atoms with Crippen molar-refractivity contribution in [2.45, 2.75) is 11.8 Å². The molecule has 2 rings (SSSR count). The first-order valence-electron chi connectivity index (χ1n) is 7.98. The molecule has 0 unspecified atom stereocenters. The summed E-state index contributed by atoms with van der Waals surface area (Å²) in [6.07, 6.45) is 0. The second kappa shape index (κ2) is 9.50. The summed E-state index contributed by atoms with van der Waals surface area (Å²) >= 11 is 0. The molecular formula is C18H17N3O6S. The van der Waals surface area contributed by atoms with Gasteiger partial charge in [-0.2, -0.15) is 4.72 Å². The van der Waals surface area contributed by atoms with Gasteiger partial charge < -0.3 is 10.1 Å². The number of non-ortho nitro benzene ring substituents is 1. The molecule has 0 bridgehead atoms. The molecule has 0 aliphatic rings. The summed E-state index contributed by atoms with van der Waals surface area (Å²) in [7, 11) is -3.91. The molecule has 2 aromatic carbocycles. The molecule has 28 heavy (non-hydrogen) atoms. The number of rotatable bonds is 7. The van der Waals surface area contributed by atoms with Crippen molar-refractivity contribution in [1.82, 2.24) is 4.72 Å². The van der Waals surface area contributed by atoms with E-state index in [1.165, 1.54) is 25.1 Å². The van der Waals surface area contributed by atoms with E-state index in [2.05, 4.69) is 21.9 Å². The van der Waals surface area contributed by atoms with E-state index in [1.807, 2.05) is 0 Å². The number of carbonyl (C=O) groups is 1. The predicted molar refractivity (Wildman–Crippen MR) is 102 cm³/mol. The van der Waals surface area contributed by atoms with Gasteiger partial charge >= 0.3 is 0 Å². The van der Waals surface area contributed by atoms with Crippen molar-refractivity contribution in [2.24, 2.45) is 0 Å². The van der Waals surface area contributed by atoms with Crippen molar-refractivity contribution in [1.29, 1.82) is 0 Å². The zero-order chi connectivity index (χ0) is 20.6. The van der Waals surface area contributed by atoms with E-state index < -0.39 is 14.9 Å². The SMILES string of the molecule is CC(=O)Nc1cccc(OCC#CCNS(=O)(=O)c2cccc([N+](=O)[O-])c2)c1. The molecule has 0 saturated heterocycles. The molecule has 0 aliphatic carbocycles. The van der Waals surface area contributed by atoms with Gasteiger partial charge in [-0.05, 0) is 18.2 Å². The van der Waals surface area contributed by atoms with Crippen LogP contribution in [0, 0.1) is 22.0 Å². The fourth-order valence-electron chi connectivity index (χ4n) is 2.08. The van der Waals surface area contributed by atoms with Crippen molar-refractivity contribution in [2.75, 3.05) is 18.5 Å². The zero-order valence-electron chi connectivity index (χ0n) is 14.8. The minimum atomic E-state index is -3.91. The Morgan fingerprint density at radius 3 is 2.64 bits per heavy atom. The minimum Gasteiger partial charge on any atom is -0.481 e. The normalized spacial score (nSPS) is 10.5. The number of sulfonamides is 1. The molecule has 0 aromatic heterocycles. The minimum absolute atomic E-state index is 0.0159. The average molecular weight is 403 g/mol. The van der Waals surface area contributed by atoms with Crippen molar-refractivity contribution >= 4 is 27.3 Å². The van der Waals surface area contributed by atoms with E-state index in [4.69, 9.17) is 4.74 Å². The lowest BCUT2D eigenvalue weighted by molar-refractivity contribution is -0.385. The van der Waals surface area contributed by atoms with Gasteiger partial charge in [0.15, 0.2) is 0 Å². The van der Waals surface area contributed by atoms with Gasteiger partial charge in [0.1, 0.15) is 12.4 Å². The number of amides is 1. The van der Waals surface area contributed by atoms with Crippen LogP contribution in [-0.2, 0) is 14.8 Å². The van der Waals surface area contributed by atoms with Gasteiger partial charge in [0.25, 0.3) is 5.69 Å². The molecule has 146 valence electrons. The summed E-state index contributed by atoms with van der Waals surface area (Å²) < 4.78 is 31.9. The summed E-state index contributed by atoms with van der Waals surface area (Å²) in [6, 6.07) is 11.5. The van der Waals surface area contributed by atoms with E-state index in [9.17, 15) is 23.3 Å². The first-order valence-corrected chi connectivity index (χ1v) is 9.46. The Bertz CT molecular complexity index is 1040. The smallest absolute Gasteiger partial charge is 0.270 e. The highest BCUT2D eigenvalue weighted by Gasteiger charge is 2.16. The number of nitro groups is 1. The van der Waals surface area contributed by atoms with Gasteiger partial charge in [0.05, 0.1) is 16.4 Å². The van der Waals surface area contributed by atoms with Gasteiger partial charge in [-0.15, -0.1) is 0 Å². The number of hydrogen-bond acceptors (Lipinski definition) is 6. The zero-order valence-corrected chi connectivity index (χ0v) is 15.7. The molecule has 9 nitrogen and oxygen atoms in total. The third-order valence-electron chi connectivity index (χ3n) is 3.28. The molecule has 0 saturated carbocycles. The van der Waals surface area contributed by atoms with Gasteiger partial charge in [0, 0.05) is 30.8 Å². The summed E-state index contributed by atoms with van der Waals surface area (Å²) in [4.78, 5) is 20.9. The first kappa shape index (κ1) is 20.9. The van der Waals surface area contributed by atoms with E-state index in [0.29, 0.717) is 11.4 Å². The monoisotopic (exact) mass is 403 g/mol. The van der Waals surface area contributed by atoms with Crippen LogP contribution in [0.5, 0.6) is 5.75 Å². The Hall–Kier alpha value is -3.42. The average Bonchev–Trinajstić information content (AvgIpc) is 2.64. The van der Waals surface area contributed by atoms with Crippen LogP contribution in [0.25, 0.3) is 0 Å². The molecule has 2 N–H and O–H groups in total. The molecule has 0 heterocycles. The van der Waals surface area contributed by atoms with Crippen LogP contribution >= 0.6 is 0 Å². The van der Waals surface area contributed by atoms with Gasteiger partial charge in [-0.25, -0.2) is 8.42 Å². The number of ether oxygens (including phenoxy) is 1. The van der Waals surface area contributed by atoms with E-state index in [-0.39, 0.29) is 29.6 Å². The molecule has 0 atom stereocenters. The lowest BCUT2D eigenvalue weighted by atomic mass is 10.3. The summed E-state index contributed by atoms with van der Waals surface area (Å²) in [5.41, 5.74) is 0.270. The van der Waals surface area contributed by atoms with E-state index >= 15 is 0 Å². The first-order chi connectivity index (χ1) is 13.3. The molecule has 2 aromatic rings. The van der Waals surface area contributed by atoms with Gasteiger partial charge in [-0.3, -0.25) is 14.9 Å². The summed E-state index contributed by atoms with van der Waals surface area (Å²) in [5, 5.41) is 13.4. The van der Waals surface area contributed by atoms with Crippen molar-refractivity contribution < 1.29 is 22.9 Å². The quantitative estimate of drug-likeness (QED) is 0.413. The topological polar surface area (TPSA) is 128 Å². The molecule has 0 spiro atoms. The maximum Gasteiger partial charge on any atom is 0.270 e. The number of nitro benzene ring substituents is 1. The summed E-state index contributed by atoms with van der Waals surface area (Å²) in [6.45, 7) is 1.23. The standard InChI is InChI=1S/C18H17N3O6S/c1-14(22)20-15-6-4-8-17(12-15)27-11-3-2-10-19-28(25,26)18-9-5-7-16(13-18)21(23)24/h4-9,12-13,19H,10-11H2,1H3,(H,20,22). The van der Waals surface area contributed by atoms with Crippen LogP contribution < -0.4 is 14.8 Å². The highest BCUT2D eigenvalue weighted by atomic mass is 32.2. The largest absolute Gasteiger partial charge is 0.481 e. The summed E-state index contributed by atoms with van der Waals surface area (Å²) in [5.74, 6) is 5.55. The van der Waals surface area contributed by atoms with Crippen LogP contribution in [0.2, 0.25) is 0 Å². The van der Waals surface area contributed by atoms with Crippen molar-refractivity contribution in [3.63, 3.8) is 0 Å². The lowest BCUT2D eigenvalue weighted by Crippen LogP contribution is -2.24. The van der Waals surface area contributed by atoms with Crippen LogP contribution in [-0.4, -0.2) is 32.4 Å². The number of nitrogens with zero attached hydrogens (tertiary/aromatic N) is 1. The Morgan fingerprint density at radius 2 is 1.93 bits per heavy atom. The van der Waals surface area contributed by atoms with Crippen LogP contribution in [0.15, 0.2) is 53.4 Å². The van der Waals surface area contributed by atoms with E-state index in [1.54, 1.807) is 24.3 Å². The molecular weight excluding hydrogens is 386 g/mol. The second-order valence-corrected chi connectivity index (χ2v) is 7.20. The molecule has 0 fully saturated rings. The maximum absolute atomic E-state index is 12.1. The van der Waals surface area contributed by atoms with Crippen molar-refractivity contribution in [3.05, 3.63) is 58.6 Å². The third kappa shape index (κ3) is 6.39. The number of benzene rings is 2.